The average Bonchev–Trinajstić information content (AvgIpc) is 2.33. The van der Waals surface area contributed by atoms with E-state index in [0.29, 0.717) is 11.3 Å². The molecule has 0 aliphatic rings. The lowest BCUT2D eigenvalue weighted by Crippen LogP contribution is -1.89. The Bertz CT molecular complexity index is 572. The van der Waals surface area contributed by atoms with Gasteiger partial charge in [0.15, 0.2) is 5.75 Å². The summed E-state index contributed by atoms with van der Waals surface area (Å²) < 4.78 is 4.95. The molecule has 0 bridgehead atoms. The molecule has 0 unspecified atom stereocenters. The maximum absolute atomic E-state index is 9.79. The molecule has 0 aliphatic carbocycles. The number of rotatable bonds is 1. The van der Waals surface area contributed by atoms with Crippen LogP contribution in [0.15, 0.2) is 12.1 Å². The van der Waals surface area contributed by atoms with Crippen LogP contribution in [0.4, 0.5) is 0 Å². The molecule has 0 aliphatic heterocycles. The van der Waals surface area contributed by atoms with E-state index in [9.17, 15) is 5.11 Å². The van der Waals surface area contributed by atoms with Crippen molar-refractivity contribution in [3.05, 3.63) is 27.2 Å². The lowest BCUT2D eigenvalue weighted by Gasteiger charge is -2.08. The number of ether oxygens (including phenoxy) is 1. The van der Waals surface area contributed by atoms with Crippen molar-refractivity contribution in [1.29, 1.82) is 0 Å². The number of aromatic nitrogens is 1. The van der Waals surface area contributed by atoms with Crippen LogP contribution in [0.5, 0.6) is 11.6 Å². The molecule has 0 spiro atoms. The van der Waals surface area contributed by atoms with Crippen molar-refractivity contribution in [3.63, 3.8) is 0 Å². The molecule has 0 amide bonds. The molecule has 2 rings (SSSR count). The van der Waals surface area contributed by atoms with Gasteiger partial charge in [0, 0.05) is 11.5 Å². The van der Waals surface area contributed by atoms with Gasteiger partial charge in [-0.05, 0) is 6.07 Å². The van der Waals surface area contributed by atoms with Crippen LogP contribution in [-0.2, 0) is 0 Å². The Morgan fingerprint density at radius 3 is 2.44 bits per heavy atom. The first-order chi connectivity index (χ1) is 7.56. The van der Waals surface area contributed by atoms with Crippen LogP contribution in [0.3, 0.4) is 0 Å². The maximum atomic E-state index is 9.79. The molecular formula is C10H6Cl3NO2. The highest BCUT2D eigenvalue weighted by Gasteiger charge is 2.16. The van der Waals surface area contributed by atoms with Gasteiger partial charge in [0.2, 0.25) is 5.88 Å². The molecule has 2 aromatic rings. The zero-order chi connectivity index (χ0) is 11.9. The van der Waals surface area contributed by atoms with Crippen LogP contribution < -0.4 is 4.74 Å². The standard InChI is InChI=1S/C10H6Cl3NO2/c1-16-5-3-2-4-6(11)7(12)8(13)10(15)9(4)14-5/h2-3,15H,1H3. The van der Waals surface area contributed by atoms with Crippen LogP contribution in [0.1, 0.15) is 0 Å². The number of phenols is 1. The summed E-state index contributed by atoms with van der Waals surface area (Å²) in [4.78, 5) is 4.06. The number of fused-ring (bicyclic) bond motifs is 1. The molecule has 1 heterocycles. The number of aromatic hydroxyl groups is 1. The second-order valence-electron chi connectivity index (χ2n) is 3.04. The Morgan fingerprint density at radius 2 is 1.81 bits per heavy atom. The van der Waals surface area contributed by atoms with Crippen LogP contribution in [0.25, 0.3) is 10.9 Å². The Morgan fingerprint density at radius 1 is 1.12 bits per heavy atom. The summed E-state index contributed by atoms with van der Waals surface area (Å²) in [6, 6.07) is 3.28. The van der Waals surface area contributed by atoms with E-state index in [4.69, 9.17) is 39.5 Å². The Labute approximate surface area is 107 Å². The van der Waals surface area contributed by atoms with E-state index in [-0.39, 0.29) is 26.3 Å². The Hall–Kier alpha value is -0.900. The van der Waals surface area contributed by atoms with Gasteiger partial charge >= 0.3 is 0 Å². The molecule has 3 nitrogen and oxygen atoms in total. The van der Waals surface area contributed by atoms with Gasteiger partial charge in [-0.2, -0.15) is 0 Å². The zero-order valence-electron chi connectivity index (χ0n) is 8.09. The number of pyridine rings is 1. The number of phenolic OH excluding ortho intramolecular Hbond substituents is 1. The van der Waals surface area contributed by atoms with Crippen LogP contribution in [0.2, 0.25) is 15.1 Å². The van der Waals surface area contributed by atoms with Crippen molar-refractivity contribution in [2.45, 2.75) is 0 Å². The fourth-order valence-corrected chi connectivity index (χ4v) is 2.01. The number of benzene rings is 1. The number of halogens is 3. The third-order valence-electron chi connectivity index (χ3n) is 2.13. The molecule has 16 heavy (non-hydrogen) atoms. The topological polar surface area (TPSA) is 42.4 Å². The molecule has 84 valence electrons. The van der Waals surface area contributed by atoms with E-state index in [1.807, 2.05) is 0 Å². The third-order valence-corrected chi connectivity index (χ3v) is 3.46. The lowest BCUT2D eigenvalue weighted by atomic mass is 10.2. The average molecular weight is 279 g/mol. The minimum Gasteiger partial charge on any atom is -0.504 e. The van der Waals surface area contributed by atoms with Crippen molar-refractivity contribution >= 4 is 45.7 Å². The van der Waals surface area contributed by atoms with Crippen molar-refractivity contribution < 1.29 is 9.84 Å². The smallest absolute Gasteiger partial charge is 0.213 e. The summed E-state index contributed by atoms with van der Waals surface area (Å²) in [6.07, 6.45) is 0. The highest BCUT2D eigenvalue weighted by molar-refractivity contribution is 6.51. The molecule has 0 saturated carbocycles. The second kappa shape index (κ2) is 4.17. The molecule has 1 aromatic carbocycles. The highest BCUT2D eigenvalue weighted by Crippen LogP contribution is 2.43. The first-order valence-corrected chi connectivity index (χ1v) is 5.39. The van der Waals surface area contributed by atoms with Crippen molar-refractivity contribution in [3.8, 4) is 11.6 Å². The van der Waals surface area contributed by atoms with E-state index >= 15 is 0 Å². The largest absolute Gasteiger partial charge is 0.504 e. The van der Waals surface area contributed by atoms with Gasteiger partial charge in [0.25, 0.3) is 0 Å². The van der Waals surface area contributed by atoms with Gasteiger partial charge in [0.05, 0.1) is 17.2 Å². The van der Waals surface area contributed by atoms with Gasteiger partial charge in [-0.1, -0.05) is 34.8 Å². The van der Waals surface area contributed by atoms with Crippen LogP contribution in [0, 0.1) is 0 Å². The molecular weight excluding hydrogens is 272 g/mol. The van der Waals surface area contributed by atoms with Gasteiger partial charge in [-0.15, -0.1) is 0 Å². The molecule has 1 N–H and O–H groups in total. The van der Waals surface area contributed by atoms with Crippen molar-refractivity contribution in [2.75, 3.05) is 7.11 Å². The highest BCUT2D eigenvalue weighted by atomic mass is 35.5. The second-order valence-corrected chi connectivity index (χ2v) is 4.17. The van der Waals surface area contributed by atoms with E-state index in [1.165, 1.54) is 7.11 Å². The molecule has 0 saturated heterocycles. The molecule has 0 fully saturated rings. The van der Waals surface area contributed by atoms with Gasteiger partial charge in [-0.25, -0.2) is 4.98 Å². The Kier molecular flexibility index (Phi) is 3.02. The molecule has 0 atom stereocenters. The van der Waals surface area contributed by atoms with Gasteiger partial charge < -0.3 is 9.84 Å². The van der Waals surface area contributed by atoms with Crippen LogP contribution in [-0.4, -0.2) is 17.2 Å². The van der Waals surface area contributed by atoms with Gasteiger partial charge in [0.1, 0.15) is 10.5 Å². The summed E-state index contributed by atoms with van der Waals surface area (Å²) in [5.41, 5.74) is 0.263. The molecule has 1 aromatic heterocycles. The van der Waals surface area contributed by atoms with Crippen LogP contribution >= 0.6 is 34.8 Å². The zero-order valence-corrected chi connectivity index (χ0v) is 10.4. The minimum atomic E-state index is -0.204. The number of methoxy groups -OCH3 is 1. The summed E-state index contributed by atoms with van der Waals surface area (Å²) in [7, 11) is 1.48. The SMILES string of the molecule is COc1ccc2c(Cl)c(Cl)c(Cl)c(O)c2n1. The van der Waals surface area contributed by atoms with Gasteiger partial charge in [-0.3, -0.25) is 0 Å². The first kappa shape index (κ1) is 11.6. The van der Waals surface area contributed by atoms with E-state index < -0.39 is 0 Å². The fourth-order valence-electron chi connectivity index (χ4n) is 1.34. The third kappa shape index (κ3) is 1.65. The first-order valence-electron chi connectivity index (χ1n) is 4.26. The Balaban J connectivity index is 2.91. The maximum Gasteiger partial charge on any atom is 0.213 e. The minimum absolute atomic E-state index is 0.0140. The number of nitrogens with zero attached hydrogens (tertiary/aromatic N) is 1. The van der Waals surface area contributed by atoms with E-state index in [2.05, 4.69) is 4.98 Å². The number of hydrogen-bond acceptors (Lipinski definition) is 3. The molecule has 0 radical (unpaired) electrons. The summed E-state index contributed by atoms with van der Waals surface area (Å²) in [6.45, 7) is 0. The summed E-state index contributed by atoms with van der Waals surface area (Å²) in [5, 5.41) is 10.7. The van der Waals surface area contributed by atoms with E-state index in [1.54, 1.807) is 12.1 Å². The predicted octanol–water partition coefficient (Wildman–Crippen LogP) is 3.91. The van der Waals surface area contributed by atoms with Crippen molar-refractivity contribution in [2.24, 2.45) is 0 Å². The fraction of sp³-hybridized carbons (Fsp3) is 0.100. The van der Waals surface area contributed by atoms with E-state index in [0.717, 1.165) is 0 Å². The normalized spacial score (nSPS) is 10.8. The summed E-state index contributed by atoms with van der Waals surface area (Å²) in [5.74, 6) is 0.155. The predicted molar refractivity (Wildman–Crippen MR) is 65.0 cm³/mol. The number of hydrogen-bond donors (Lipinski definition) is 1. The summed E-state index contributed by atoms with van der Waals surface area (Å²) >= 11 is 17.7. The van der Waals surface area contributed by atoms with Crippen molar-refractivity contribution in [1.82, 2.24) is 4.98 Å². The quantitative estimate of drug-likeness (QED) is 0.804. The monoisotopic (exact) mass is 277 g/mol. The molecule has 6 heteroatoms. The lowest BCUT2D eigenvalue weighted by molar-refractivity contribution is 0.398.